The molecular formula is C19H11Cl2FN2O4S. The van der Waals surface area contributed by atoms with E-state index in [1.165, 1.54) is 18.2 Å². The maximum absolute atomic E-state index is 13.3. The minimum absolute atomic E-state index is 0.118. The number of carbonyl (C=O) groups is 1. The smallest absolute Gasteiger partial charge is 0.261 e. The molecule has 0 aromatic heterocycles. The van der Waals surface area contributed by atoms with Crippen molar-refractivity contribution in [2.24, 2.45) is 0 Å². The lowest BCUT2D eigenvalue weighted by atomic mass is 10.1. The number of benzene rings is 3. The van der Waals surface area contributed by atoms with Crippen molar-refractivity contribution in [1.29, 1.82) is 0 Å². The molecule has 2 N–H and O–H groups in total. The van der Waals surface area contributed by atoms with Crippen LogP contribution in [0.1, 0.15) is 10.4 Å². The van der Waals surface area contributed by atoms with E-state index in [2.05, 4.69) is 10.0 Å². The standard InChI is InChI=1S/C19H11Cl2FN2O4S/c20-10-1-5-18-16(7-10)23-19(25)13-8-11(2-6-17(13)28-18)24-29(26,27)12-3-4-15(22)14(21)9-12/h1-9,24H,(H,23,25). The largest absolute Gasteiger partial charge is 0.454 e. The minimum atomic E-state index is -4.06. The fourth-order valence-electron chi connectivity index (χ4n) is 2.72. The van der Waals surface area contributed by atoms with Gasteiger partial charge in [0.25, 0.3) is 15.9 Å². The van der Waals surface area contributed by atoms with Gasteiger partial charge in [-0.25, -0.2) is 12.8 Å². The van der Waals surface area contributed by atoms with Crippen LogP contribution in [0, 0.1) is 5.82 Å². The number of fused-ring (bicyclic) bond motifs is 2. The van der Waals surface area contributed by atoms with Crippen molar-refractivity contribution >= 4 is 50.5 Å². The van der Waals surface area contributed by atoms with Crippen LogP contribution in [0.2, 0.25) is 10.0 Å². The second kappa shape index (κ2) is 7.22. The lowest BCUT2D eigenvalue weighted by Gasteiger charge is -2.11. The van der Waals surface area contributed by atoms with Crippen LogP contribution in [0.4, 0.5) is 15.8 Å². The van der Waals surface area contributed by atoms with Crippen LogP contribution in [-0.2, 0) is 10.0 Å². The molecule has 0 radical (unpaired) electrons. The number of nitrogens with one attached hydrogen (secondary N) is 2. The van der Waals surface area contributed by atoms with Gasteiger partial charge in [-0.2, -0.15) is 0 Å². The molecule has 0 aliphatic carbocycles. The summed E-state index contributed by atoms with van der Waals surface area (Å²) in [5.41, 5.74) is 0.628. The molecule has 0 saturated carbocycles. The number of amides is 1. The zero-order valence-electron chi connectivity index (χ0n) is 14.4. The van der Waals surface area contributed by atoms with Gasteiger partial charge in [-0.1, -0.05) is 23.2 Å². The van der Waals surface area contributed by atoms with Crippen molar-refractivity contribution in [3.8, 4) is 11.5 Å². The van der Waals surface area contributed by atoms with Gasteiger partial charge in [-0.3, -0.25) is 9.52 Å². The number of hydrogen-bond donors (Lipinski definition) is 2. The number of ether oxygens (including phenoxy) is 1. The third-order valence-electron chi connectivity index (χ3n) is 4.09. The van der Waals surface area contributed by atoms with Gasteiger partial charge in [0.05, 0.1) is 21.2 Å². The van der Waals surface area contributed by atoms with Crippen LogP contribution in [-0.4, -0.2) is 14.3 Å². The minimum Gasteiger partial charge on any atom is -0.454 e. The third-order valence-corrected chi connectivity index (χ3v) is 5.99. The first-order valence-electron chi connectivity index (χ1n) is 8.14. The van der Waals surface area contributed by atoms with Gasteiger partial charge in [0.1, 0.15) is 11.6 Å². The molecule has 148 valence electrons. The van der Waals surface area contributed by atoms with Crippen molar-refractivity contribution in [2.45, 2.75) is 4.90 Å². The molecule has 29 heavy (non-hydrogen) atoms. The van der Waals surface area contributed by atoms with E-state index in [-0.39, 0.29) is 26.9 Å². The SMILES string of the molecule is O=C1Nc2cc(Cl)ccc2Oc2ccc(NS(=O)(=O)c3ccc(F)c(Cl)c3)cc21. The average Bonchev–Trinajstić information content (AvgIpc) is 2.79. The second-order valence-electron chi connectivity index (χ2n) is 6.09. The number of halogens is 3. The zero-order chi connectivity index (χ0) is 20.8. The molecule has 3 aromatic carbocycles. The molecule has 10 heteroatoms. The quantitative estimate of drug-likeness (QED) is 0.565. The molecule has 1 aliphatic heterocycles. The van der Waals surface area contributed by atoms with Crippen LogP contribution in [0.5, 0.6) is 11.5 Å². The van der Waals surface area contributed by atoms with E-state index in [1.54, 1.807) is 18.2 Å². The Balaban J connectivity index is 1.67. The molecule has 1 amide bonds. The molecule has 3 aromatic rings. The summed E-state index contributed by atoms with van der Waals surface area (Å²) in [6.45, 7) is 0. The molecule has 0 bridgehead atoms. The Hall–Kier alpha value is -2.81. The van der Waals surface area contributed by atoms with Gasteiger partial charge in [-0.15, -0.1) is 0 Å². The van der Waals surface area contributed by atoms with Gasteiger partial charge in [0, 0.05) is 10.7 Å². The number of carbonyl (C=O) groups excluding carboxylic acids is 1. The Kier molecular flexibility index (Phi) is 4.85. The topological polar surface area (TPSA) is 84.5 Å². The summed E-state index contributed by atoms with van der Waals surface area (Å²) in [5, 5.41) is 2.77. The number of hydrogen-bond acceptors (Lipinski definition) is 4. The van der Waals surface area contributed by atoms with Crippen molar-refractivity contribution in [1.82, 2.24) is 0 Å². The second-order valence-corrected chi connectivity index (χ2v) is 8.62. The first-order chi connectivity index (χ1) is 13.7. The third kappa shape index (κ3) is 3.87. The van der Waals surface area contributed by atoms with E-state index in [0.717, 1.165) is 18.2 Å². The number of sulfonamides is 1. The summed E-state index contributed by atoms with van der Waals surface area (Å²) in [5.74, 6) is -0.580. The highest BCUT2D eigenvalue weighted by atomic mass is 35.5. The van der Waals surface area contributed by atoms with E-state index in [1.807, 2.05) is 0 Å². The molecule has 4 rings (SSSR count). The Bertz CT molecular complexity index is 1270. The normalized spacial score (nSPS) is 12.9. The van der Waals surface area contributed by atoms with Crippen LogP contribution < -0.4 is 14.8 Å². The molecule has 0 atom stereocenters. The van der Waals surface area contributed by atoms with Crippen LogP contribution >= 0.6 is 23.2 Å². The summed E-state index contributed by atoms with van der Waals surface area (Å²) in [4.78, 5) is 12.4. The summed E-state index contributed by atoms with van der Waals surface area (Å²) in [7, 11) is -4.06. The fourth-order valence-corrected chi connectivity index (χ4v) is 4.21. The average molecular weight is 453 g/mol. The van der Waals surface area contributed by atoms with Crippen LogP contribution in [0.25, 0.3) is 0 Å². The van der Waals surface area contributed by atoms with Gasteiger partial charge in [0.2, 0.25) is 0 Å². The lowest BCUT2D eigenvalue weighted by Crippen LogP contribution is -2.15. The molecule has 6 nitrogen and oxygen atoms in total. The predicted molar refractivity (Wildman–Crippen MR) is 108 cm³/mol. The Morgan fingerprint density at radius 2 is 1.72 bits per heavy atom. The molecule has 1 aliphatic rings. The van der Waals surface area contributed by atoms with Crippen molar-refractivity contribution < 1.29 is 22.3 Å². The molecule has 0 unspecified atom stereocenters. The summed E-state index contributed by atoms with van der Waals surface area (Å²) in [6.07, 6.45) is 0. The van der Waals surface area contributed by atoms with Gasteiger partial charge < -0.3 is 10.1 Å². The zero-order valence-corrected chi connectivity index (χ0v) is 16.7. The Labute approximate surface area is 175 Å². The first kappa shape index (κ1) is 19.5. The van der Waals surface area contributed by atoms with Crippen LogP contribution in [0.3, 0.4) is 0 Å². The molecule has 0 saturated heterocycles. The summed E-state index contributed by atoms with van der Waals surface area (Å²) >= 11 is 11.6. The van der Waals surface area contributed by atoms with Crippen molar-refractivity contribution in [3.63, 3.8) is 0 Å². The monoisotopic (exact) mass is 452 g/mol. The summed E-state index contributed by atoms with van der Waals surface area (Å²) in [6, 6.07) is 12.1. The first-order valence-corrected chi connectivity index (χ1v) is 10.4. The molecule has 0 fully saturated rings. The van der Waals surface area contributed by atoms with E-state index in [4.69, 9.17) is 27.9 Å². The van der Waals surface area contributed by atoms with Crippen LogP contribution in [0.15, 0.2) is 59.5 Å². The Morgan fingerprint density at radius 3 is 2.48 bits per heavy atom. The molecule has 1 heterocycles. The molecular weight excluding hydrogens is 442 g/mol. The lowest BCUT2D eigenvalue weighted by molar-refractivity contribution is 0.102. The number of anilines is 2. The molecule has 0 spiro atoms. The Morgan fingerprint density at radius 1 is 0.966 bits per heavy atom. The fraction of sp³-hybridized carbons (Fsp3) is 0. The van der Waals surface area contributed by atoms with E-state index >= 15 is 0 Å². The van der Waals surface area contributed by atoms with E-state index in [0.29, 0.717) is 16.5 Å². The maximum Gasteiger partial charge on any atom is 0.261 e. The predicted octanol–water partition coefficient (Wildman–Crippen LogP) is 5.29. The van der Waals surface area contributed by atoms with Crippen molar-refractivity contribution in [2.75, 3.05) is 10.0 Å². The van der Waals surface area contributed by atoms with Gasteiger partial charge in [0.15, 0.2) is 5.75 Å². The highest BCUT2D eigenvalue weighted by molar-refractivity contribution is 7.92. The number of rotatable bonds is 3. The van der Waals surface area contributed by atoms with Crippen molar-refractivity contribution in [3.05, 3.63) is 76.0 Å². The van der Waals surface area contributed by atoms with Gasteiger partial charge in [-0.05, 0) is 54.6 Å². The maximum atomic E-state index is 13.3. The van der Waals surface area contributed by atoms with Gasteiger partial charge >= 0.3 is 0 Å². The van der Waals surface area contributed by atoms with E-state index in [9.17, 15) is 17.6 Å². The summed E-state index contributed by atoms with van der Waals surface area (Å²) < 4.78 is 46.5. The highest BCUT2D eigenvalue weighted by Crippen LogP contribution is 2.38. The highest BCUT2D eigenvalue weighted by Gasteiger charge is 2.23. The van der Waals surface area contributed by atoms with E-state index < -0.39 is 21.7 Å².